The summed E-state index contributed by atoms with van der Waals surface area (Å²) in [6.45, 7) is 3.49. The van der Waals surface area contributed by atoms with E-state index < -0.39 is 11.9 Å². The quantitative estimate of drug-likeness (QED) is 0.886. The number of aliphatic carboxylic acids is 1. The van der Waals surface area contributed by atoms with Crippen LogP contribution in [0.1, 0.15) is 24.4 Å². The van der Waals surface area contributed by atoms with E-state index in [1.54, 1.807) is 14.0 Å². The molecule has 0 saturated carbocycles. The summed E-state index contributed by atoms with van der Waals surface area (Å²) in [7, 11) is 1.61. The highest BCUT2D eigenvalue weighted by Gasteiger charge is 2.19. The number of carbonyl (C=O) groups is 1. The topological polar surface area (TPSA) is 75.2 Å². The molecule has 19 heavy (non-hydrogen) atoms. The van der Waals surface area contributed by atoms with Crippen LogP contribution in [0.5, 0.6) is 5.75 Å². The second-order valence-corrected chi connectivity index (χ2v) is 4.38. The zero-order valence-corrected chi connectivity index (χ0v) is 11.1. The van der Waals surface area contributed by atoms with Crippen molar-refractivity contribution in [1.29, 1.82) is 0 Å². The lowest BCUT2D eigenvalue weighted by Gasteiger charge is -2.02. The highest BCUT2D eigenvalue weighted by atomic mass is 16.5. The van der Waals surface area contributed by atoms with Crippen LogP contribution in [-0.2, 0) is 4.79 Å². The van der Waals surface area contributed by atoms with Crippen molar-refractivity contribution in [3.05, 3.63) is 35.8 Å². The highest BCUT2D eigenvalue weighted by molar-refractivity contribution is 5.75. The molecule has 0 amide bonds. The number of nitrogens with zero attached hydrogens (tertiary/aromatic N) is 1. The third-order valence-electron chi connectivity index (χ3n) is 3.05. The van der Waals surface area contributed by atoms with E-state index in [1.165, 1.54) is 0 Å². The van der Waals surface area contributed by atoms with E-state index in [1.807, 2.05) is 31.2 Å². The van der Waals surface area contributed by atoms with Crippen LogP contribution in [-0.4, -0.2) is 28.2 Å². The fourth-order valence-electron chi connectivity index (χ4n) is 1.84. The Labute approximate surface area is 111 Å². The van der Waals surface area contributed by atoms with Gasteiger partial charge in [-0.2, -0.15) is 0 Å². The number of benzene rings is 1. The number of carboxylic acids is 1. The van der Waals surface area contributed by atoms with Gasteiger partial charge in [-0.3, -0.25) is 4.79 Å². The molecule has 5 nitrogen and oxygen atoms in total. The normalized spacial score (nSPS) is 12.2. The predicted molar refractivity (Wildman–Crippen MR) is 71.4 cm³/mol. The molecule has 1 aromatic carbocycles. The third kappa shape index (κ3) is 2.59. The second kappa shape index (κ2) is 5.14. The number of aromatic nitrogens is 2. The average molecular weight is 260 g/mol. The highest BCUT2D eigenvalue weighted by Crippen LogP contribution is 2.25. The fraction of sp³-hybridized carbons (Fsp3) is 0.286. The number of nitrogens with one attached hydrogen (secondary N) is 1. The van der Waals surface area contributed by atoms with Gasteiger partial charge in [-0.05, 0) is 38.1 Å². The van der Waals surface area contributed by atoms with E-state index in [9.17, 15) is 4.79 Å². The molecule has 2 N–H and O–H groups in total. The van der Waals surface area contributed by atoms with E-state index in [2.05, 4.69) is 9.97 Å². The number of imidazole rings is 1. The van der Waals surface area contributed by atoms with Crippen molar-refractivity contribution >= 4 is 5.97 Å². The van der Waals surface area contributed by atoms with E-state index in [4.69, 9.17) is 9.84 Å². The summed E-state index contributed by atoms with van der Waals surface area (Å²) in [5, 5.41) is 9.00. The Morgan fingerprint density at radius 1 is 1.37 bits per heavy atom. The van der Waals surface area contributed by atoms with Crippen LogP contribution in [0.15, 0.2) is 24.3 Å². The van der Waals surface area contributed by atoms with Gasteiger partial charge in [-0.1, -0.05) is 0 Å². The Hall–Kier alpha value is -2.30. The number of H-pyrrole nitrogens is 1. The largest absolute Gasteiger partial charge is 0.497 e. The number of aromatic amines is 1. The monoisotopic (exact) mass is 260 g/mol. The Balaban J connectivity index is 2.36. The SMILES string of the molecule is COc1ccc(-c2nc(C(C)C(=O)O)[nH]c2C)cc1. The van der Waals surface area contributed by atoms with Crippen LogP contribution >= 0.6 is 0 Å². The van der Waals surface area contributed by atoms with Gasteiger partial charge in [0.1, 0.15) is 17.5 Å². The number of aryl methyl sites for hydroxylation is 1. The maximum absolute atomic E-state index is 11.0. The Kier molecular flexibility index (Phi) is 3.55. The van der Waals surface area contributed by atoms with Gasteiger partial charge in [0.2, 0.25) is 0 Å². The van der Waals surface area contributed by atoms with Crippen LogP contribution in [0.25, 0.3) is 11.3 Å². The molecule has 0 radical (unpaired) electrons. The number of hydrogen-bond donors (Lipinski definition) is 2. The van der Waals surface area contributed by atoms with E-state index in [-0.39, 0.29) is 0 Å². The second-order valence-electron chi connectivity index (χ2n) is 4.38. The van der Waals surface area contributed by atoms with Crippen LogP contribution in [0.3, 0.4) is 0 Å². The van der Waals surface area contributed by atoms with Crippen molar-refractivity contribution in [1.82, 2.24) is 9.97 Å². The van der Waals surface area contributed by atoms with Gasteiger partial charge in [0.25, 0.3) is 0 Å². The number of hydrogen-bond acceptors (Lipinski definition) is 3. The van der Waals surface area contributed by atoms with Crippen LogP contribution in [0.4, 0.5) is 0 Å². The van der Waals surface area contributed by atoms with Crippen LogP contribution in [0, 0.1) is 6.92 Å². The molecular formula is C14H16N2O3. The Morgan fingerprint density at radius 2 is 2.00 bits per heavy atom. The summed E-state index contributed by atoms with van der Waals surface area (Å²) in [5.74, 6) is -0.299. The minimum atomic E-state index is -0.893. The number of methoxy groups -OCH3 is 1. The van der Waals surface area contributed by atoms with Gasteiger partial charge in [-0.15, -0.1) is 0 Å². The van der Waals surface area contributed by atoms with Crippen molar-refractivity contribution in [2.45, 2.75) is 19.8 Å². The smallest absolute Gasteiger partial charge is 0.313 e. The standard InChI is InChI=1S/C14H16N2O3/c1-8(14(17)18)13-15-9(2)12(16-13)10-4-6-11(19-3)7-5-10/h4-8H,1-3H3,(H,15,16)(H,17,18). The van der Waals surface area contributed by atoms with Crippen molar-refractivity contribution in [2.75, 3.05) is 7.11 Å². The van der Waals surface area contributed by atoms with Gasteiger partial charge >= 0.3 is 5.97 Å². The van der Waals surface area contributed by atoms with E-state index in [0.29, 0.717) is 5.82 Å². The molecule has 0 bridgehead atoms. The first-order chi connectivity index (χ1) is 9.02. The molecule has 1 heterocycles. The lowest BCUT2D eigenvalue weighted by atomic mass is 10.1. The minimum absolute atomic E-state index is 0.468. The fourth-order valence-corrected chi connectivity index (χ4v) is 1.84. The maximum Gasteiger partial charge on any atom is 0.313 e. The molecule has 0 aliphatic carbocycles. The summed E-state index contributed by atoms with van der Waals surface area (Å²) in [4.78, 5) is 18.4. The van der Waals surface area contributed by atoms with Gasteiger partial charge in [0, 0.05) is 11.3 Å². The van der Waals surface area contributed by atoms with Crippen molar-refractivity contribution in [2.24, 2.45) is 0 Å². The lowest BCUT2D eigenvalue weighted by Crippen LogP contribution is -2.08. The van der Waals surface area contributed by atoms with Crippen molar-refractivity contribution in [3.63, 3.8) is 0 Å². The number of ether oxygens (including phenoxy) is 1. The molecule has 1 unspecified atom stereocenters. The van der Waals surface area contributed by atoms with Crippen molar-refractivity contribution < 1.29 is 14.6 Å². The van der Waals surface area contributed by atoms with Crippen LogP contribution in [0.2, 0.25) is 0 Å². The van der Waals surface area contributed by atoms with E-state index in [0.717, 1.165) is 22.7 Å². The first kappa shape index (κ1) is 13.1. The molecule has 2 aromatic rings. The zero-order chi connectivity index (χ0) is 14.0. The molecule has 100 valence electrons. The number of carboxylic acid groups (broad SMARTS) is 1. The van der Waals surface area contributed by atoms with E-state index >= 15 is 0 Å². The summed E-state index contributed by atoms with van der Waals surface area (Å²) in [6.07, 6.45) is 0. The molecule has 0 aliphatic rings. The van der Waals surface area contributed by atoms with Gasteiger partial charge in [0.05, 0.1) is 12.8 Å². The molecule has 1 atom stereocenters. The molecule has 2 rings (SSSR count). The van der Waals surface area contributed by atoms with Gasteiger partial charge < -0.3 is 14.8 Å². The van der Waals surface area contributed by atoms with Crippen LogP contribution < -0.4 is 4.74 Å². The molecule has 0 saturated heterocycles. The first-order valence-corrected chi connectivity index (χ1v) is 5.96. The molecule has 1 aromatic heterocycles. The summed E-state index contributed by atoms with van der Waals surface area (Å²) in [6, 6.07) is 7.50. The lowest BCUT2D eigenvalue weighted by molar-refractivity contribution is -0.138. The Morgan fingerprint density at radius 3 is 2.53 bits per heavy atom. The molecule has 0 aliphatic heterocycles. The molecule has 5 heteroatoms. The molecule has 0 fully saturated rings. The molecular weight excluding hydrogens is 244 g/mol. The minimum Gasteiger partial charge on any atom is -0.497 e. The zero-order valence-electron chi connectivity index (χ0n) is 11.1. The predicted octanol–water partition coefficient (Wildman–Crippen LogP) is 2.58. The number of rotatable bonds is 4. The van der Waals surface area contributed by atoms with Gasteiger partial charge in [0.15, 0.2) is 0 Å². The summed E-state index contributed by atoms with van der Waals surface area (Å²) >= 11 is 0. The Bertz CT molecular complexity index is 587. The molecule has 0 spiro atoms. The third-order valence-corrected chi connectivity index (χ3v) is 3.05. The summed E-state index contributed by atoms with van der Waals surface area (Å²) < 4.78 is 5.10. The first-order valence-electron chi connectivity index (χ1n) is 5.96. The van der Waals surface area contributed by atoms with Crippen molar-refractivity contribution in [3.8, 4) is 17.0 Å². The van der Waals surface area contributed by atoms with Gasteiger partial charge in [-0.25, -0.2) is 4.98 Å². The average Bonchev–Trinajstić information content (AvgIpc) is 2.80. The maximum atomic E-state index is 11.0. The summed E-state index contributed by atoms with van der Waals surface area (Å²) in [5.41, 5.74) is 2.55.